The highest BCUT2D eigenvalue weighted by atomic mass is 79.9. The quantitative estimate of drug-likeness (QED) is 0.866. The topological polar surface area (TPSA) is 69.5 Å². The van der Waals surface area contributed by atoms with E-state index in [2.05, 4.69) is 26.1 Å². The zero-order valence-corrected chi connectivity index (χ0v) is 9.65. The number of halogens is 1. The van der Waals surface area contributed by atoms with E-state index in [0.29, 0.717) is 5.69 Å². The first-order valence-electron chi connectivity index (χ1n) is 4.46. The number of nitriles is 1. The molecular formula is C11H6BrN3O. The van der Waals surface area contributed by atoms with E-state index in [0.717, 1.165) is 10.0 Å². The van der Waals surface area contributed by atoms with E-state index in [9.17, 15) is 4.79 Å². The molecule has 0 aliphatic carbocycles. The van der Waals surface area contributed by atoms with Crippen LogP contribution >= 0.6 is 15.9 Å². The largest absolute Gasteiger partial charge is 0.268 e. The molecule has 1 aromatic carbocycles. The minimum atomic E-state index is -0.377. The highest BCUT2D eigenvalue weighted by Gasteiger charge is 2.07. The van der Waals surface area contributed by atoms with Gasteiger partial charge in [0, 0.05) is 16.1 Å². The lowest BCUT2D eigenvalue weighted by Gasteiger charge is -2.01. The number of hydrogen-bond donors (Lipinski definition) is 1. The van der Waals surface area contributed by atoms with Gasteiger partial charge in [-0.05, 0) is 12.1 Å². The Balaban J connectivity index is 2.61. The number of nitrogens with one attached hydrogen (secondary N) is 1. The van der Waals surface area contributed by atoms with Crippen molar-refractivity contribution in [2.75, 3.05) is 0 Å². The maximum Gasteiger partial charge on any atom is 0.265 e. The fraction of sp³-hybridized carbons (Fsp3) is 0. The van der Waals surface area contributed by atoms with Gasteiger partial charge in [0.2, 0.25) is 0 Å². The second kappa shape index (κ2) is 4.29. The summed E-state index contributed by atoms with van der Waals surface area (Å²) in [6.45, 7) is 0. The molecule has 0 bridgehead atoms. The third-order valence-electron chi connectivity index (χ3n) is 2.05. The summed E-state index contributed by atoms with van der Waals surface area (Å²) in [7, 11) is 0. The Hall–Kier alpha value is -1.93. The molecule has 1 heterocycles. The number of rotatable bonds is 1. The molecule has 0 saturated carbocycles. The highest BCUT2D eigenvalue weighted by molar-refractivity contribution is 9.10. The van der Waals surface area contributed by atoms with Crippen molar-refractivity contribution in [3.05, 3.63) is 50.7 Å². The summed E-state index contributed by atoms with van der Waals surface area (Å²) in [5, 5.41) is 15.1. The summed E-state index contributed by atoms with van der Waals surface area (Å²) < 4.78 is 0.944. The summed E-state index contributed by atoms with van der Waals surface area (Å²) in [5.74, 6) is 0. The van der Waals surface area contributed by atoms with Crippen molar-refractivity contribution in [2.24, 2.45) is 0 Å². The Bertz CT molecular complexity index is 610. The van der Waals surface area contributed by atoms with E-state index < -0.39 is 0 Å². The lowest BCUT2D eigenvalue weighted by Crippen LogP contribution is -2.08. The van der Waals surface area contributed by atoms with Crippen LogP contribution in [0.3, 0.4) is 0 Å². The van der Waals surface area contributed by atoms with Crippen LogP contribution in [0.4, 0.5) is 0 Å². The number of nitrogens with zero attached hydrogens (tertiary/aromatic N) is 2. The van der Waals surface area contributed by atoms with E-state index in [1.807, 2.05) is 30.3 Å². The van der Waals surface area contributed by atoms with Crippen LogP contribution in [0.15, 0.2) is 39.6 Å². The Morgan fingerprint density at radius 1 is 1.31 bits per heavy atom. The third kappa shape index (κ3) is 2.02. The van der Waals surface area contributed by atoms with Crippen LogP contribution < -0.4 is 5.56 Å². The van der Waals surface area contributed by atoms with Crippen molar-refractivity contribution in [1.29, 1.82) is 5.26 Å². The van der Waals surface area contributed by atoms with Gasteiger partial charge in [-0.2, -0.15) is 10.4 Å². The first-order chi connectivity index (χ1) is 7.70. The van der Waals surface area contributed by atoms with E-state index >= 15 is 0 Å². The molecule has 0 aliphatic heterocycles. The predicted octanol–water partition coefficient (Wildman–Crippen LogP) is 2.07. The van der Waals surface area contributed by atoms with Crippen molar-refractivity contribution >= 4 is 15.9 Å². The molecule has 1 aromatic heterocycles. The number of hydrogen-bond acceptors (Lipinski definition) is 3. The van der Waals surface area contributed by atoms with E-state index in [-0.39, 0.29) is 11.1 Å². The van der Waals surface area contributed by atoms with Crippen molar-refractivity contribution in [3.63, 3.8) is 0 Å². The van der Waals surface area contributed by atoms with Crippen LogP contribution in [-0.2, 0) is 0 Å². The van der Waals surface area contributed by atoms with Gasteiger partial charge in [0.25, 0.3) is 5.56 Å². The minimum absolute atomic E-state index is 0.270. The molecule has 0 spiro atoms. The van der Waals surface area contributed by atoms with Crippen LogP contribution in [-0.4, -0.2) is 10.2 Å². The maximum absolute atomic E-state index is 11.0. The van der Waals surface area contributed by atoms with Crippen molar-refractivity contribution in [2.45, 2.75) is 0 Å². The molecule has 0 aliphatic rings. The van der Waals surface area contributed by atoms with E-state index in [1.54, 1.807) is 0 Å². The fourth-order valence-corrected chi connectivity index (χ4v) is 1.58. The molecule has 0 fully saturated rings. The average molecular weight is 276 g/mol. The van der Waals surface area contributed by atoms with Gasteiger partial charge in [-0.1, -0.05) is 28.1 Å². The zero-order valence-electron chi connectivity index (χ0n) is 8.07. The molecule has 0 radical (unpaired) electrons. The molecule has 1 N–H and O–H groups in total. The van der Waals surface area contributed by atoms with Gasteiger partial charge in [0.05, 0.1) is 5.56 Å². The predicted molar refractivity (Wildman–Crippen MR) is 62.7 cm³/mol. The molecule has 2 rings (SSSR count). The third-order valence-corrected chi connectivity index (χ3v) is 2.58. The van der Waals surface area contributed by atoms with Gasteiger partial charge in [-0.3, -0.25) is 4.79 Å². The van der Waals surface area contributed by atoms with Gasteiger partial charge >= 0.3 is 0 Å². The molecule has 0 atom stereocenters. The number of aromatic amines is 1. The molecule has 0 unspecified atom stereocenters. The first kappa shape index (κ1) is 10.6. The van der Waals surface area contributed by atoms with Gasteiger partial charge in [-0.15, -0.1) is 0 Å². The lowest BCUT2D eigenvalue weighted by molar-refractivity contribution is 0.989. The van der Waals surface area contributed by atoms with E-state index in [4.69, 9.17) is 5.26 Å². The fourth-order valence-electron chi connectivity index (χ4n) is 1.32. The standard InChI is InChI=1S/C11H6BrN3O/c12-9-3-1-7(2-4-9)11-8(6-13)5-10(16)14-15-11/h1-5H,(H,14,16). The van der Waals surface area contributed by atoms with Crippen LogP contribution in [0.1, 0.15) is 5.56 Å². The van der Waals surface area contributed by atoms with Crippen molar-refractivity contribution in [1.82, 2.24) is 10.2 Å². The summed E-state index contributed by atoms with van der Waals surface area (Å²) in [5.41, 5.74) is 1.16. The van der Waals surface area contributed by atoms with E-state index in [1.165, 1.54) is 6.07 Å². The van der Waals surface area contributed by atoms with Crippen molar-refractivity contribution in [3.8, 4) is 17.3 Å². The highest BCUT2D eigenvalue weighted by Crippen LogP contribution is 2.21. The molecule has 5 heteroatoms. The second-order valence-electron chi connectivity index (χ2n) is 3.11. The number of benzene rings is 1. The van der Waals surface area contributed by atoms with Crippen LogP contribution in [0, 0.1) is 11.3 Å². The summed E-state index contributed by atoms with van der Waals surface area (Å²) in [4.78, 5) is 11.0. The van der Waals surface area contributed by atoms with Gasteiger partial charge in [0.15, 0.2) is 0 Å². The average Bonchev–Trinajstić information content (AvgIpc) is 2.30. The van der Waals surface area contributed by atoms with Crippen molar-refractivity contribution < 1.29 is 0 Å². The molecular weight excluding hydrogens is 270 g/mol. The van der Waals surface area contributed by atoms with Crippen LogP contribution in [0.5, 0.6) is 0 Å². The molecule has 0 amide bonds. The maximum atomic E-state index is 11.0. The molecule has 16 heavy (non-hydrogen) atoms. The van der Waals surface area contributed by atoms with Gasteiger partial charge in [0.1, 0.15) is 11.8 Å². The normalized spacial score (nSPS) is 9.75. The van der Waals surface area contributed by atoms with Gasteiger partial charge < -0.3 is 0 Å². The number of aromatic nitrogens is 2. The Morgan fingerprint density at radius 2 is 2.00 bits per heavy atom. The Labute approximate surface area is 99.7 Å². The lowest BCUT2D eigenvalue weighted by atomic mass is 10.1. The Morgan fingerprint density at radius 3 is 2.62 bits per heavy atom. The summed E-state index contributed by atoms with van der Waals surface area (Å²) >= 11 is 3.32. The summed E-state index contributed by atoms with van der Waals surface area (Å²) in [6.07, 6.45) is 0. The number of H-pyrrole nitrogens is 1. The molecule has 4 nitrogen and oxygen atoms in total. The Kier molecular flexibility index (Phi) is 2.84. The second-order valence-corrected chi connectivity index (χ2v) is 4.03. The summed E-state index contributed by atoms with van der Waals surface area (Å²) in [6, 6.07) is 10.5. The van der Waals surface area contributed by atoms with Crippen LogP contribution in [0.2, 0.25) is 0 Å². The monoisotopic (exact) mass is 275 g/mol. The van der Waals surface area contributed by atoms with Gasteiger partial charge in [-0.25, -0.2) is 5.10 Å². The minimum Gasteiger partial charge on any atom is -0.268 e. The SMILES string of the molecule is N#Cc1cc(=O)[nH]nc1-c1ccc(Br)cc1. The molecule has 78 valence electrons. The zero-order chi connectivity index (χ0) is 11.5. The van der Waals surface area contributed by atoms with Crippen LogP contribution in [0.25, 0.3) is 11.3 Å². The molecule has 0 saturated heterocycles. The first-order valence-corrected chi connectivity index (χ1v) is 5.26. The smallest absolute Gasteiger partial charge is 0.265 e. The molecule has 2 aromatic rings.